The molecule has 1 aromatic rings. The number of hydrogen-bond donors (Lipinski definition) is 0. The van der Waals surface area contributed by atoms with Crippen LogP contribution in [0.25, 0.3) is 0 Å². The predicted molar refractivity (Wildman–Crippen MR) is 67.0 cm³/mol. The smallest absolute Gasteiger partial charge is 0.167 e. The van der Waals surface area contributed by atoms with Gasteiger partial charge in [-0.2, -0.15) is 0 Å². The maximum atomic E-state index is 12.2. The van der Waals surface area contributed by atoms with Gasteiger partial charge in [-0.1, -0.05) is 23.8 Å². The average Bonchev–Trinajstić information content (AvgIpc) is 2.58. The van der Waals surface area contributed by atoms with Crippen LogP contribution in [-0.2, 0) is 9.84 Å². The molecule has 2 rings (SSSR count). The van der Waals surface area contributed by atoms with Gasteiger partial charge in [-0.3, -0.25) is 4.79 Å². The van der Waals surface area contributed by atoms with E-state index in [0.29, 0.717) is 12.0 Å². The summed E-state index contributed by atoms with van der Waals surface area (Å²) in [4.78, 5) is 12.2. The average molecular weight is 252 g/mol. The summed E-state index contributed by atoms with van der Waals surface area (Å²) >= 11 is 0. The van der Waals surface area contributed by atoms with Gasteiger partial charge in [0, 0.05) is 11.5 Å². The van der Waals surface area contributed by atoms with Crippen molar-refractivity contribution in [1.29, 1.82) is 0 Å². The molecule has 1 fully saturated rings. The molecule has 0 spiro atoms. The summed E-state index contributed by atoms with van der Waals surface area (Å²) in [5.41, 5.74) is 2.70. The van der Waals surface area contributed by atoms with Crippen molar-refractivity contribution in [3.8, 4) is 0 Å². The molecule has 1 aromatic carbocycles. The number of benzene rings is 1. The Morgan fingerprint density at radius 3 is 2.53 bits per heavy atom. The van der Waals surface area contributed by atoms with Crippen LogP contribution >= 0.6 is 0 Å². The van der Waals surface area contributed by atoms with E-state index < -0.39 is 9.84 Å². The zero-order chi connectivity index (χ0) is 12.6. The topological polar surface area (TPSA) is 51.2 Å². The molecule has 1 atom stereocenters. The van der Waals surface area contributed by atoms with Crippen molar-refractivity contribution in [2.24, 2.45) is 5.92 Å². The lowest BCUT2D eigenvalue weighted by atomic mass is 9.93. The Bertz CT molecular complexity index is 558. The van der Waals surface area contributed by atoms with Crippen molar-refractivity contribution in [3.05, 3.63) is 34.9 Å². The normalized spacial score (nSPS) is 22.6. The molecule has 0 bridgehead atoms. The third-order valence-corrected chi connectivity index (χ3v) is 5.02. The first kappa shape index (κ1) is 12.3. The minimum Gasteiger partial charge on any atom is -0.294 e. The number of ketones is 1. The van der Waals surface area contributed by atoms with Crippen molar-refractivity contribution in [1.82, 2.24) is 0 Å². The molecule has 17 heavy (non-hydrogen) atoms. The van der Waals surface area contributed by atoms with E-state index >= 15 is 0 Å². The zero-order valence-electron chi connectivity index (χ0n) is 10.1. The van der Waals surface area contributed by atoms with E-state index in [1.54, 1.807) is 6.07 Å². The third kappa shape index (κ3) is 2.57. The van der Waals surface area contributed by atoms with E-state index in [1.165, 1.54) is 0 Å². The Morgan fingerprint density at radius 1 is 1.29 bits per heavy atom. The van der Waals surface area contributed by atoms with Crippen LogP contribution in [0.15, 0.2) is 18.2 Å². The van der Waals surface area contributed by atoms with Gasteiger partial charge in [0.25, 0.3) is 0 Å². The van der Waals surface area contributed by atoms with E-state index in [4.69, 9.17) is 0 Å². The Kier molecular flexibility index (Phi) is 3.08. The summed E-state index contributed by atoms with van der Waals surface area (Å²) in [5, 5.41) is 0. The second-order valence-corrected chi connectivity index (χ2v) is 7.01. The second-order valence-electron chi connectivity index (χ2n) is 4.78. The fraction of sp³-hybridized carbons (Fsp3) is 0.462. The first-order valence-electron chi connectivity index (χ1n) is 5.71. The standard InChI is InChI=1S/C13H16O3S/c1-9-3-4-12(10(2)7-9)13(14)11-5-6-17(15,16)8-11/h3-4,7,11H,5-6,8H2,1-2H3. The van der Waals surface area contributed by atoms with Gasteiger partial charge >= 0.3 is 0 Å². The van der Waals surface area contributed by atoms with E-state index in [2.05, 4.69) is 0 Å². The maximum Gasteiger partial charge on any atom is 0.167 e. The van der Waals surface area contributed by atoms with Crippen molar-refractivity contribution < 1.29 is 13.2 Å². The SMILES string of the molecule is Cc1ccc(C(=O)C2CCS(=O)(=O)C2)c(C)c1. The number of sulfone groups is 1. The zero-order valence-corrected chi connectivity index (χ0v) is 10.9. The number of carbonyl (C=O) groups excluding carboxylic acids is 1. The molecular formula is C13H16O3S. The second kappa shape index (κ2) is 4.26. The molecule has 1 aliphatic heterocycles. The number of aryl methyl sites for hydroxylation is 2. The molecule has 1 aliphatic rings. The molecule has 4 heteroatoms. The van der Waals surface area contributed by atoms with E-state index in [1.807, 2.05) is 26.0 Å². The van der Waals surface area contributed by atoms with Gasteiger partial charge in [-0.25, -0.2) is 8.42 Å². The maximum absolute atomic E-state index is 12.2. The van der Waals surface area contributed by atoms with E-state index in [-0.39, 0.29) is 23.2 Å². The highest BCUT2D eigenvalue weighted by Gasteiger charge is 2.33. The number of rotatable bonds is 2. The van der Waals surface area contributed by atoms with Crippen molar-refractivity contribution >= 4 is 15.6 Å². The van der Waals surface area contributed by atoms with Gasteiger partial charge in [0.2, 0.25) is 0 Å². The molecule has 1 heterocycles. The lowest BCUT2D eigenvalue weighted by Crippen LogP contribution is -2.17. The largest absolute Gasteiger partial charge is 0.294 e. The van der Waals surface area contributed by atoms with Crippen LogP contribution in [0, 0.1) is 19.8 Å². The summed E-state index contributed by atoms with van der Waals surface area (Å²) in [6, 6.07) is 5.65. The number of hydrogen-bond acceptors (Lipinski definition) is 3. The van der Waals surface area contributed by atoms with Crippen molar-refractivity contribution in [2.75, 3.05) is 11.5 Å². The van der Waals surface area contributed by atoms with Crippen LogP contribution in [0.3, 0.4) is 0 Å². The highest BCUT2D eigenvalue weighted by Crippen LogP contribution is 2.24. The minimum atomic E-state index is -2.99. The van der Waals surface area contributed by atoms with Crippen LogP contribution in [0.2, 0.25) is 0 Å². The van der Waals surface area contributed by atoms with Crippen LogP contribution < -0.4 is 0 Å². The van der Waals surface area contributed by atoms with Crippen molar-refractivity contribution in [2.45, 2.75) is 20.3 Å². The summed E-state index contributed by atoms with van der Waals surface area (Å²) < 4.78 is 22.7. The monoisotopic (exact) mass is 252 g/mol. The molecular weight excluding hydrogens is 236 g/mol. The van der Waals surface area contributed by atoms with Gasteiger partial charge in [0.15, 0.2) is 15.6 Å². The Balaban J connectivity index is 2.27. The van der Waals surface area contributed by atoms with Gasteiger partial charge < -0.3 is 0 Å². The van der Waals surface area contributed by atoms with Gasteiger partial charge in [0.05, 0.1) is 11.5 Å². The van der Waals surface area contributed by atoms with E-state index in [9.17, 15) is 13.2 Å². The lowest BCUT2D eigenvalue weighted by molar-refractivity contribution is 0.0932. The molecule has 3 nitrogen and oxygen atoms in total. The predicted octanol–water partition coefficient (Wildman–Crippen LogP) is 1.92. The van der Waals surface area contributed by atoms with Gasteiger partial charge in [-0.05, 0) is 25.8 Å². The molecule has 0 saturated carbocycles. The molecule has 0 radical (unpaired) electrons. The van der Waals surface area contributed by atoms with Crippen LogP contribution in [0.5, 0.6) is 0 Å². The molecule has 1 unspecified atom stereocenters. The molecule has 92 valence electrons. The number of Topliss-reactive ketones (excluding diaryl/α,β-unsaturated/α-hetero) is 1. The summed E-state index contributed by atoms with van der Waals surface area (Å²) in [6.45, 7) is 3.87. The van der Waals surface area contributed by atoms with Gasteiger partial charge in [-0.15, -0.1) is 0 Å². The molecule has 0 N–H and O–H groups in total. The van der Waals surface area contributed by atoms with Crippen LogP contribution in [0.1, 0.15) is 27.9 Å². The fourth-order valence-electron chi connectivity index (χ4n) is 2.31. The molecule has 0 amide bonds. The highest BCUT2D eigenvalue weighted by atomic mass is 32.2. The Hall–Kier alpha value is -1.16. The quantitative estimate of drug-likeness (QED) is 0.756. The highest BCUT2D eigenvalue weighted by molar-refractivity contribution is 7.91. The third-order valence-electron chi connectivity index (χ3n) is 3.25. The minimum absolute atomic E-state index is 0.0130. The Morgan fingerprint density at radius 2 is 2.00 bits per heavy atom. The van der Waals surface area contributed by atoms with E-state index in [0.717, 1.165) is 11.1 Å². The van der Waals surface area contributed by atoms with Crippen LogP contribution in [0.4, 0.5) is 0 Å². The fourth-order valence-corrected chi connectivity index (χ4v) is 4.05. The summed E-state index contributed by atoms with van der Waals surface area (Å²) in [5.74, 6) is -0.210. The molecule has 0 aromatic heterocycles. The summed E-state index contributed by atoms with van der Waals surface area (Å²) in [7, 11) is -2.99. The lowest BCUT2D eigenvalue weighted by Gasteiger charge is -2.10. The summed E-state index contributed by atoms with van der Waals surface area (Å²) in [6.07, 6.45) is 0.467. The molecule has 1 saturated heterocycles. The van der Waals surface area contributed by atoms with Crippen LogP contribution in [-0.4, -0.2) is 25.7 Å². The molecule has 0 aliphatic carbocycles. The Labute approximate surface area is 102 Å². The number of carbonyl (C=O) groups is 1. The first-order chi connectivity index (χ1) is 7.89. The van der Waals surface area contributed by atoms with Crippen molar-refractivity contribution in [3.63, 3.8) is 0 Å². The van der Waals surface area contributed by atoms with Gasteiger partial charge in [0.1, 0.15) is 0 Å². The first-order valence-corrected chi connectivity index (χ1v) is 7.53.